The average Bonchev–Trinajstić information content (AvgIpc) is 2.07. The molecule has 14 heavy (non-hydrogen) atoms. The summed E-state index contributed by atoms with van der Waals surface area (Å²) in [7, 11) is 0. The average molecular weight is 199 g/mol. The van der Waals surface area contributed by atoms with E-state index in [9.17, 15) is 4.79 Å². The van der Waals surface area contributed by atoms with Crippen LogP contribution in [-0.2, 0) is 4.79 Å². The molecule has 2 atom stereocenters. The Morgan fingerprint density at radius 2 is 2.21 bits per heavy atom. The number of carboxylic acids is 1. The lowest BCUT2D eigenvalue weighted by atomic mass is 9.84. The topological polar surface area (TPSA) is 40.5 Å². The molecule has 0 saturated carbocycles. The van der Waals surface area contributed by atoms with Gasteiger partial charge in [0.25, 0.3) is 0 Å². The van der Waals surface area contributed by atoms with E-state index in [0.29, 0.717) is 24.3 Å². The van der Waals surface area contributed by atoms with Gasteiger partial charge in [-0.25, -0.2) is 0 Å². The van der Waals surface area contributed by atoms with Gasteiger partial charge in [-0.15, -0.1) is 0 Å². The maximum atomic E-state index is 10.6. The van der Waals surface area contributed by atoms with E-state index in [1.165, 1.54) is 0 Å². The van der Waals surface area contributed by atoms with E-state index in [4.69, 9.17) is 5.11 Å². The third-order valence-corrected chi connectivity index (χ3v) is 3.28. The highest BCUT2D eigenvalue weighted by molar-refractivity contribution is 5.67. The van der Waals surface area contributed by atoms with Crippen molar-refractivity contribution in [2.24, 2.45) is 11.8 Å². The molecule has 3 nitrogen and oxygen atoms in total. The van der Waals surface area contributed by atoms with Crippen molar-refractivity contribution >= 4 is 5.97 Å². The molecule has 1 aliphatic rings. The molecule has 1 heterocycles. The molecule has 1 rings (SSSR count). The van der Waals surface area contributed by atoms with Crippen molar-refractivity contribution in [3.05, 3.63) is 0 Å². The Morgan fingerprint density at radius 3 is 2.64 bits per heavy atom. The molecule has 1 saturated heterocycles. The summed E-state index contributed by atoms with van der Waals surface area (Å²) in [5.74, 6) is 0.240. The van der Waals surface area contributed by atoms with Crippen molar-refractivity contribution in [2.45, 2.75) is 39.7 Å². The fourth-order valence-electron chi connectivity index (χ4n) is 2.22. The summed E-state index contributed by atoms with van der Waals surface area (Å²) in [5, 5.41) is 8.74. The molecular weight excluding hydrogens is 178 g/mol. The molecule has 82 valence electrons. The summed E-state index contributed by atoms with van der Waals surface area (Å²) in [6, 6.07) is 0.586. The standard InChI is InChI=1S/C11H21NO2/c1-8(2)12-5-4-10(6-11(13)14)9(3)7-12/h8-10H,4-7H2,1-3H3,(H,13,14). The summed E-state index contributed by atoms with van der Waals surface area (Å²) in [6.45, 7) is 8.67. The van der Waals surface area contributed by atoms with Crippen molar-refractivity contribution < 1.29 is 9.90 Å². The Hall–Kier alpha value is -0.570. The Kier molecular flexibility index (Phi) is 3.93. The van der Waals surface area contributed by atoms with E-state index in [0.717, 1.165) is 19.5 Å². The largest absolute Gasteiger partial charge is 0.481 e. The Labute approximate surface area is 86.1 Å². The molecule has 0 aliphatic carbocycles. The summed E-state index contributed by atoms with van der Waals surface area (Å²) in [4.78, 5) is 13.0. The zero-order valence-corrected chi connectivity index (χ0v) is 9.36. The van der Waals surface area contributed by atoms with Gasteiger partial charge < -0.3 is 10.0 Å². The second-order valence-corrected chi connectivity index (χ2v) is 4.71. The first kappa shape index (κ1) is 11.5. The molecule has 3 heteroatoms. The lowest BCUT2D eigenvalue weighted by Crippen LogP contribution is -2.43. The van der Waals surface area contributed by atoms with Crippen molar-refractivity contribution in [3.63, 3.8) is 0 Å². The van der Waals surface area contributed by atoms with Crippen LogP contribution in [0.25, 0.3) is 0 Å². The van der Waals surface area contributed by atoms with Crippen LogP contribution in [0, 0.1) is 11.8 Å². The number of rotatable bonds is 3. The molecule has 1 N–H and O–H groups in total. The van der Waals surface area contributed by atoms with Gasteiger partial charge in [0.05, 0.1) is 0 Å². The van der Waals surface area contributed by atoms with Crippen LogP contribution in [0.15, 0.2) is 0 Å². The molecule has 0 aromatic carbocycles. The van der Waals surface area contributed by atoms with Crippen molar-refractivity contribution in [1.29, 1.82) is 0 Å². The fourth-order valence-corrected chi connectivity index (χ4v) is 2.22. The molecule has 1 fully saturated rings. The van der Waals surface area contributed by atoms with Crippen LogP contribution >= 0.6 is 0 Å². The molecule has 1 aliphatic heterocycles. The first-order chi connectivity index (χ1) is 6.50. The van der Waals surface area contributed by atoms with Crippen LogP contribution in [0.3, 0.4) is 0 Å². The highest BCUT2D eigenvalue weighted by Crippen LogP contribution is 2.26. The maximum absolute atomic E-state index is 10.6. The van der Waals surface area contributed by atoms with Crippen LogP contribution in [0.5, 0.6) is 0 Å². The van der Waals surface area contributed by atoms with Crippen LogP contribution in [0.4, 0.5) is 0 Å². The summed E-state index contributed by atoms with van der Waals surface area (Å²) >= 11 is 0. The Bertz CT molecular complexity index is 203. The van der Waals surface area contributed by atoms with Gasteiger partial charge in [0.15, 0.2) is 0 Å². The van der Waals surface area contributed by atoms with Crippen molar-refractivity contribution in [3.8, 4) is 0 Å². The van der Waals surface area contributed by atoms with Gasteiger partial charge >= 0.3 is 5.97 Å². The molecule has 0 aromatic heterocycles. The number of carbonyl (C=O) groups is 1. The Balaban J connectivity index is 2.43. The third kappa shape index (κ3) is 2.98. The molecule has 0 radical (unpaired) electrons. The Morgan fingerprint density at radius 1 is 1.57 bits per heavy atom. The van der Waals surface area contributed by atoms with Crippen molar-refractivity contribution in [1.82, 2.24) is 4.90 Å². The van der Waals surface area contributed by atoms with E-state index in [-0.39, 0.29) is 0 Å². The van der Waals surface area contributed by atoms with Gasteiger partial charge in [-0.1, -0.05) is 6.92 Å². The summed E-state index contributed by atoms with van der Waals surface area (Å²) < 4.78 is 0. The highest BCUT2D eigenvalue weighted by atomic mass is 16.4. The molecule has 0 bridgehead atoms. The van der Waals surface area contributed by atoms with E-state index in [1.807, 2.05) is 0 Å². The van der Waals surface area contributed by atoms with Gasteiger partial charge in [0, 0.05) is 19.0 Å². The number of aliphatic carboxylic acids is 1. The van der Waals surface area contributed by atoms with Gasteiger partial charge in [-0.05, 0) is 38.6 Å². The predicted molar refractivity (Wildman–Crippen MR) is 56.2 cm³/mol. The number of carboxylic acid groups (broad SMARTS) is 1. The van der Waals surface area contributed by atoms with E-state index >= 15 is 0 Å². The quantitative estimate of drug-likeness (QED) is 0.754. The van der Waals surface area contributed by atoms with Gasteiger partial charge in [0.2, 0.25) is 0 Å². The summed E-state index contributed by atoms with van der Waals surface area (Å²) in [6.07, 6.45) is 1.37. The first-order valence-corrected chi connectivity index (χ1v) is 5.46. The minimum absolute atomic E-state index is 0.340. The van der Waals surface area contributed by atoms with Crippen LogP contribution in [0.1, 0.15) is 33.6 Å². The minimum Gasteiger partial charge on any atom is -0.481 e. The van der Waals surface area contributed by atoms with Crippen molar-refractivity contribution in [2.75, 3.05) is 13.1 Å². The minimum atomic E-state index is -0.653. The molecule has 2 unspecified atom stereocenters. The molecule has 0 spiro atoms. The number of likely N-dealkylation sites (tertiary alicyclic amines) is 1. The number of nitrogens with zero attached hydrogens (tertiary/aromatic N) is 1. The predicted octanol–water partition coefficient (Wildman–Crippen LogP) is 1.83. The number of hydrogen-bond donors (Lipinski definition) is 1. The van der Waals surface area contributed by atoms with Crippen LogP contribution in [0.2, 0.25) is 0 Å². The van der Waals surface area contributed by atoms with E-state index in [2.05, 4.69) is 25.7 Å². The lowest BCUT2D eigenvalue weighted by molar-refractivity contribution is -0.139. The fraction of sp³-hybridized carbons (Fsp3) is 0.909. The maximum Gasteiger partial charge on any atom is 0.303 e. The molecule has 0 aromatic rings. The SMILES string of the molecule is CC1CN(C(C)C)CCC1CC(=O)O. The van der Waals surface area contributed by atoms with Gasteiger partial charge in [0.1, 0.15) is 0 Å². The van der Waals surface area contributed by atoms with Gasteiger partial charge in [-0.3, -0.25) is 4.79 Å². The van der Waals surface area contributed by atoms with E-state index < -0.39 is 5.97 Å². The first-order valence-electron chi connectivity index (χ1n) is 5.46. The molecule has 0 amide bonds. The third-order valence-electron chi connectivity index (χ3n) is 3.28. The monoisotopic (exact) mass is 199 g/mol. The zero-order valence-electron chi connectivity index (χ0n) is 9.36. The second-order valence-electron chi connectivity index (χ2n) is 4.71. The number of piperidine rings is 1. The van der Waals surface area contributed by atoms with E-state index in [1.54, 1.807) is 0 Å². The van der Waals surface area contributed by atoms with Crippen LogP contribution < -0.4 is 0 Å². The normalized spacial score (nSPS) is 29.4. The van der Waals surface area contributed by atoms with Crippen LogP contribution in [-0.4, -0.2) is 35.1 Å². The van der Waals surface area contributed by atoms with Gasteiger partial charge in [-0.2, -0.15) is 0 Å². The second kappa shape index (κ2) is 4.78. The lowest BCUT2D eigenvalue weighted by Gasteiger charge is -2.38. The highest BCUT2D eigenvalue weighted by Gasteiger charge is 2.28. The number of hydrogen-bond acceptors (Lipinski definition) is 2. The molecular formula is C11H21NO2. The zero-order chi connectivity index (χ0) is 10.7. The summed E-state index contributed by atoms with van der Waals surface area (Å²) in [5.41, 5.74) is 0. The smallest absolute Gasteiger partial charge is 0.303 e.